The first-order valence-electron chi connectivity index (χ1n) is 9.99. The van der Waals surface area contributed by atoms with Gasteiger partial charge < -0.3 is 14.5 Å². The van der Waals surface area contributed by atoms with Crippen LogP contribution >= 0.6 is 0 Å². The number of piperidine rings is 1. The number of ether oxygens (including phenoxy) is 1. The summed E-state index contributed by atoms with van der Waals surface area (Å²) in [6.07, 6.45) is 8.54. The molecular formula is C20H28N6O2. The minimum atomic E-state index is 0.268. The molecule has 0 N–H and O–H groups in total. The molecule has 0 unspecified atom stereocenters. The van der Waals surface area contributed by atoms with Crippen LogP contribution in [0.5, 0.6) is 5.88 Å². The standard InChI is InChI=1S/C20H28N6O2/c1-24-8-3-15(4-9-24)11-20(27)26-10-5-18-16(13-26)17(23-25(18)2)14-28-19-12-21-6-7-22-19/h6-7,12,15H,3-5,8-11,13-14H2,1-2H3. The molecule has 0 spiro atoms. The molecule has 2 aromatic heterocycles. The number of nitrogens with zero attached hydrogens (tertiary/aromatic N) is 6. The van der Waals surface area contributed by atoms with Crippen LogP contribution in [-0.4, -0.2) is 62.1 Å². The fraction of sp³-hybridized carbons (Fsp3) is 0.600. The number of aromatic nitrogens is 4. The Labute approximate surface area is 165 Å². The maximum absolute atomic E-state index is 12.9. The Bertz CT molecular complexity index is 814. The summed E-state index contributed by atoms with van der Waals surface area (Å²) in [6, 6.07) is 0. The van der Waals surface area contributed by atoms with Crippen LogP contribution in [0.2, 0.25) is 0 Å². The molecule has 8 heteroatoms. The van der Waals surface area contributed by atoms with Gasteiger partial charge in [-0.25, -0.2) is 4.98 Å². The molecule has 0 bridgehead atoms. The van der Waals surface area contributed by atoms with Crippen molar-refractivity contribution in [3.05, 3.63) is 35.5 Å². The first kappa shape index (κ1) is 18.9. The van der Waals surface area contributed by atoms with E-state index in [0.29, 0.717) is 31.4 Å². The summed E-state index contributed by atoms with van der Waals surface area (Å²) in [5.74, 6) is 1.26. The Balaban J connectivity index is 1.40. The van der Waals surface area contributed by atoms with E-state index in [0.717, 1.165) is 50.2 Å². The lowest BCUT2D eigenvalue weighted by atomic mass is 9.93. The second-order valence-corrected chi connectivity index (χ2v) is 7.84. The molecule has 0 aliphatic carbocycles. The van der Waals surface area contributed by atoms with Crippen molar-refractivity contribution < 1.29 is 9.53 Å². The highest BCUT2D eigenvalue weighted by atomic mass is 16.5. The topological polar surface area (TPSA) is 76.4 Å². The van der Waals surface area contributed by atoms with E-state index >= 15 is 0 Å². The van der Waals surface area contributed by atoms with Crippen molar-refractivity contribution >= 4 is 5.91 Å². The summed E-state index contributed by atoms with van der Waals surface area (Å²) in [5.41, 5.74) is 3.19. The van der Waals surface area contributed by atoms with Gasteiger partial charge in [-0.15, -0.1) is 0 Å². The van der Waals surface area contributed by atoms with Gasteiger partial charge >= 0.3 is 0 Å². The zero-order valence-corrected chi connectivity index (χ0v) is 16.7. The van der Waals surface area contributed by atoms with Crippen molar-refractivity contribution in [2.24, 2.45) is 13.0 Å². The number of carbonyl (C=O) groups is 1. The summed E-state index contributed by atoms with van der Waals surface area (Å²) < 4.78 is 7.66. The number of fused-ring (bicyclic) bond motifs is 1. The first-order chi connectivity index (χ1) is 13.6. The van der Waals surface area contributed by atoms with Crippen molar-refractivity contribution in [3.63, 3.8) is 0 Å². The van der Waals surface area contributed by atoms with E-state index in [4.69, 9.17) is 4.74 Å². The molecule has 8 nitrogen and oxygen atoms in total. The van der Waals surface area contributed by atoms with E-state index in [-0.39, 0.29) is 5.91 Å². The molecule has 0 atom stereocenters. The highest BCUT2D eigenvalue weighted by molar-refractivity contribution is 5.76. The molecule has 1 amide bonds. The molecule has 150 valence electrons. The number of rotatable bonds is 5. The Kier molecular flexibility index (Phi) is 5.57. The molecule has 4 rings (SSSR count). The van der Waals surface area contributed by atoms with Crippen LogP contribution in [0.1, 0.15) is 36.2 Å². The van der Waals surface area contributed by atoms with Crippen LogP contribution in [0.3, 0.4) is 0 Å². The summed E-state index contributed by atoms with van der Waals surface area (Å²) in [6.45, 7) is 3.90. The van der Waals surface area contributed by atoms with E-state index in [9.17, 15) is 4.79 Å². The third-order valence-electron chi connectivity index (χ3n) is 5.88. The highest BCUT2D eigenvalue weighted by Crippen LogP contribution is 2.26. The molecule has 0 aromatic carbocycles. The molecule has 4 heterocycles. The number of carbonyl (C=O) groups excluding carboxylic acids is 1. The van der Waals surface area contributed by atoms with Crippen LogP contribution in [-0.2, 0) is 31.4 Å². The lowest BCUT2D eigenvalue weighted by molar-refractivity contribution is -0.133. The molecule has 2 aromatic rings. The maximum atomic E-state index is 12.9. The molecular weight excluding hydrogens is 356 g/mol. The Morgan fingerprint density at radius 2 is 2.04 bits per heavy atom. The second-order valence-electron chi connectivity index (χ2n) is 7.84. The van der Waals surface area contributed by atoms with Gasteiger partial charge in [0.15, 0.2) is 0 Å². The van der Waals surface area contributed by atoms with Gasteiger partial charge in [-0.3, -0.25) is 14.5 Å². The predicted molar refractivity (Wildman–Crippen MR) is 104 cm³/mol. The summed E-state index contributed by atoms with van der Waals surface area (Å²) in [4.78, 5) is 25.4. The van der Waals surface area contributed by atoms with Crippen LogP contribution in [0.4, 0.5) is 0 Å². The first-order valence-corrected chi connectivity index (χ1v) is 9.99. The number of likely N-dealkylation sites (tertiary alicyclic amines) is 1. The van der Waals surface area contributed by atoms with Gasteiger partial charge in [0.2, 0.25) is 11.8 Å². The van der Waals surface area contributed by atoms with Gasteiger partial charge in [0.1, 0.15) is 12.3 Å². The molecule has 1 fully saturated rings. The smallest absolute Gasteiger partial charge is 0.232 e. The fourth-order valence-corrected chi connectivity index (χ4v) is 4.14. The van der Waals surface area contributed by atoms with Crippen molar-refractivity contribution in [2.75, 3.05) is 26.7 Å². The van der Waals surface area contributed by atoms with Gasteiger partial charge in [0.05, 0.1) is 6.20 Å². The molecule has 2 aliphatic rings. The Morgan fingerprint density at radius 1 is 1.21 bits per heavy atom. The Hall–Kier alpha value is -2.48. The van der Waals surface area contributed by atoms with E-state index < -0.39 is 0 Å². The predicted octanol–water partition coefficient (Wildman–Crippen LogP) is 1.41. The van der Waals surface area contributed by atoms with Gasteiger partial charge in [-0.1, -0.05) is 0 Å². The number of hydrogen-bond acceptors (Lipinski definition) is 6. The van der Waals surface area contributed by atoms with E-state index in [2.05, 4.69) is 27.0 Å². The summed E-state index contributed by atoms with van der Waals surface area (Å²) in [5, 5.41) is 4.63. The minimum absolute atomic E-state index is 0.268. The van der Waals surface area contributed by atoms with Crippen molar-refractivity contribution in [1.82, 2.24) is 29.5 Å². The zero-order chi connectivity index (χ0) is 19.5. The molecule has 0 radical (unpaired) electrons. The average Bonchev–Trinajstić information content (AvgIpc) is 3.04. The largest absolute Gasteiger partial charge is 0.470 e. The van der Waals surface area contributed by atoms with Gasteiger partial charge in [0.25, 0.3) is 0 Å². The second kappa shape index (κ2) is 8.26. The van der Waals surface area contributed by atoms with Gasteiger partial charge in [-0.05, 0) is 38.9 Å². The third kappa shape index (κ3) is 4.16. The lowest BCUT2D eigenvalue weighted by Crippen LogP contribution is -2.39. The maximum Gasteiger partial charge on any atom is 0.232 e. The highest BCUT2D eigenvalue weighted by Gasteiger charge is 2.28. The zero-order valence-electron chi connectivity index (χ0n) is 16.7. The van der Waals surface area contributed by atoms with Crippen LogP contribution in [0.15, 0.2) is 18.6 Å². The molecule has 28 heavy (non-hydrogen) atoms. The minimum Gasteiger partial charge on any atom is -0.470 e. The fourth-order valence-electron chi connectivity index (χ4n) is 4.14. The number of aryl methyl sites for hydroxylation is 1. The number of amides is 1. The number of hydrogen-bond donors (Lipinski definition) is 0. The normalized spacial score (nSPS) is 18.1. The molecule has 0 saturated carbocycles. The summed E-state index contributed by atoms with van der Waals surface area (Å²) >= 11 is 0. The SMILES string of the molecule is CN1CCC(CC(=O)N2CCc3c(c(COc4cnccn4)nn3C)C2)CC1. The van der Waals surface area contributed by atoms with Gasteiger partial charge in [-0.2, -0.15) is 5.10 Å². The van der Waals surface area contributed by atoms with E-state index in [1.165, 1.54) is 5.69 Å². The van der Waals surface area contributed by atoms with Gasteiger partial charge in [0, 0.05) is 56.6 Å². The van der Waals surface area contributed by atoms with Crippen molar-refractivity contribution in [2.45, 2.75) is 38.8 Å². The van der Waals surface area contributed by atoms with Crippen LogP contribution < -0.4 is 4.74 Å². The monoisotopic (exact) mass is 384 g/mol. The van der Waals surface area contributed by atoms with E-state index in [1.807, 2.05) is 16.6 Å². The third-order valence-corrected chi connectivity index (χ3v) is 5.88. The molecule has 1 saturated heterocycles. The van der Waals surface area contributed by atoms with Crippen molar-refractivity contribution in [1.29, 1.82) is 0 Å². The van der Waals surface area contributed by atoms with Crippen LogP contribution in [0, 0.1) is 5.92 Å². The van der Waals surface area contributed by atoms with E-state index in [1.54, 1.807) is 18.6 Å². The van der Waals surface area contributed by atoms with Crippen molar-refractivity contribution in [3.8, 4) is 5.88 Å². The Morgan fingerprint density at radius 3 is 2.79 bits per heavy atom. The molecule has 2 aliphatic heterocycles. The quantitative estimate of drug-likeness (QED) is 0.776. The lowest BCUT2D eigenvalue weighted by Gasteiger charge is -2.32. The summed E-state index contributed by atoms with van der Waals surface area (Å²) in [7, 11) is 4.11. The average molecular weight is 384 g/mol. The van der Waals surface area contributed by atoms with Crippen LogP contribution in [0.25, 0.3) is 0 Å².